The molecule has 42 heavy (non-hydrogen) atoms. The number of H-pyrrole nitrogens is 1. The normalized spacial score (nSPS) is 19.4. The summed E-state index contributed by atoms with van der Waals surface area (Å²) in [5.41, 5.74) is 0.679. The average Bonchev–Trinajstić information content (AvgIpc) is 3.46. The molecule has 6 rings (SSSR count). The highest BCUT2D eigenvalue weighted by Gasteiger charge is 2.57. The lowest BCUT2D eigenvalue weighted by Gasteiger charge is -2.30. The number of nitro benzene ring substituents is 2. The van der Waals surface area contributed by atoms with Crippen LogP contribution in [-0.2, 0) is 16.2 Å². The second-order valence-corrected chi connectivity index (χ2v) is 12.0. The Labute approximate surface area is 249 Å². The van der Waals surface area contributed by atoms with Crippen LogP contribution >= 0.6 is 34.7 Å². The Morgan fingerprint density at radius 3 is 2.33 bits per heavy atom. The van der Waals surface area contributed by atoms with Gasteiger partial charge in [0, 0.05) is 45.6 Å². The lowest BCUT2D eigenvalue weighted by molar-refractivity contribution is -0.385. The predicted molar refractivity (Wildman–Crippen MR) is 154 cm³/mol. The van der Waals surface area contributed by atoms with Crippen LogP contribution in [0.3, 0.4) is 0 Å². The van der Waals surface area contributed by atoms with Crippen LogP contribution in [0, 0.1) is 26.1 Å². The van der Waals surface area contributed by atoms with Crippen molar-refractivity contribution in [1.82, 2.24) is 4.98 Å². The molecule has 3 heterocycles. The first kappa shape index (κ1) is 27.6. The summed E-state index contributed by atoms with van der Waals surface area (Å²) in [6, 6.07) is 16.0. The van der Waals surface area contributed by atoms with Crippen LogP contribution in [-0.4, -0.2) is 31.9 Å². The number of carbonyl (C=O) groups excluding carboxylic acids is 2. The van der Waals surface area contributed by atoms with Gasteiger partial charge >= 0.3 is 4.87 Å². The fourth-order valence-electron chi connectivity index (χ4n) is 5.14. The minimum absolute atomic E-state index is 0.0545. The molecule has 0 aliphatic carbocycles. The zero-order chi connectivity index (χ0) is 29.7. The molecule has 4 aromatic rings. The minimum atomic E-state index is -1.05. The number of nitrogens with one attached hydrogen (secondary N) is 1. The van der Waals surface area contributed by atoms with Crippen molar-refractivity contribution in [3.05, 3.63) is 118 Å². The molecule has 2 aliphatic rings. The van der Waals surface area contributed by atoms with Crippen LogP contribution in [0.15, 0.2) is 76.6 Å². The van der Waals surface area contributed by atoms with Crippen LogP contribution in [0.2, 0.25) is 5.02 Å². The number of thiazole rings is 1. The summed E-state index contributed by atoms with van der Waals surface area (Å²) in [5.74, 6) is -2.93. The number of hydrogen-bond donors (Lipinski definition) is 1. The number of nitrogens with zero attached hydrogens (tertiary/aromatic N) is 3. The second kappa shape index (κ2) is 10.7. The van der Waals surface area contributed by atoms with Gasteiger partial charge in [-0.25, -0.2) is 4.90 Å². The molecule has 3 atom stereocenters. The van der Waals surface area contributed by atoms with E-state index in [-0.39, 0.29) is 35.0 Å². The van der Waals surface area contributed by atoms with Crippen molar-refractivity contribution < 1.29 is 24.2 Å². The third-order valence-corrected chi connectivity index (χ3v) is 9.60. The fourth-order valence-corrected chi connectivity index (χ4v) is 7.86. The van der Waals surface area contributed by atoms with Crippen molar-refractivity contribution in [3.63, 3.8) is 0 Å². The lowest BCUT2D eigenvalue weighted by atomic mass is 9.82. The molecule has 1 saturated heterocycles. The molecule has 2 amide bonds. The van der Waals surface area contributed by atoms with Crippen LogP contribution in [0.1, 0.15) is 21.9 Å². The third kappa shape index (κ3) is 4.82. The number of hydrogen-bond acceptors (Lipinski definition) is 10. The van der Waals surface area contributed by atoms with Crippen LogP contribution < -0.4 is 14.5 Å². The molecule has 12 nitrogen and oxygen atoms in total. The van der Waals surface area contributed by atoms with Crippen LogP contribution in [0.25, 0.3) is 0 Å². The third-order valence-electron chi connectivity index (χ3n) is 6.97. The number of benzene rings is 3. The van der Waals surface area contributed by atoms with Gasteiger partial charge in [-0.3, -0.25) is 34.6 Å². The number of aromatic nitrogens is 1. The predicted octanol–water partition coefficient (Wildman–Crippen LogP) is 5.28. The summed E-state index contributed by atoms with van der Waals surface area (Å²) in [4.78, 5) is 65.6. The first-order chi connectivity index (χ1) is 20.1. The summed E-state index contributed by atoms with van der Waals surface area (Å²) in [6.07, 6.45) is 0. The summed E-state index contributed by atoms with van der Waals surface area (Å²) < 4.78 is 6.10. The molecule has 0 saturated carbocycles. The Kier molecular flexibility index (Phi) is 7.04. The second-order valence-electron chi connectivity index (χ2n) is 9.43. The van der Waals surface area contributed by atoms with E-state index in [1.54, 1.807) is 24.3 Å². The number of imide groups is 1. The molecule has 0 bridgehead atoms. The van der Waals surface area contributed by atoms with Gasteiger partial charge in [0.25, 0.3) is 11.4 Å². The van der Waals surface area contributed by atoms with Crippen molar-refractivity contribution >= 4 is 63.6 Å². The first-order valence-electron chi connectivity index (χ1n) is 12.3. The van der Waals surface area contributed by atoms with E-state index in [0.717, 1.165) is 33.6 Å². The molecular formula is C27H17ClN4O8S2. The summed E-state index contributed by atoms with van der Waals surface area (Å²) in [7, 11) is 0. The maximum Gasteiger partial charge on any atom is 0.305 e. The number of ether oxygens (including phenoxy) is 1. The number of halogens is 1. The van der Waals surface area contributed by atoms with Gasteiger partial charge in [-0.15, -0.1) is 0 Å². The number of thioether (sulfide) groups is 1. The molecule has 15 heteroatoms. The number of anilines is 1. The maximum atomic E-state index is 14.0. The highest BCUT2D eigenvalue weighted by molar-refractivity contribution is 8.00. The summed E-state index contributed by atoms with van der Waals surface area (Å²) in [5, 5.41) is 22.8. The molecule has 212 valence electrons. The summed E-state index contributed by atoms with van der Waals surface area (Å²) in [6.45, 7) is 0.0545. The maximum absolute atomic E-state index is 14.0. The van der Waals surface area contributed by atoms with E-state index in [1.807, 2.05) is 0 Å². The monoisotopic (exact) mass is 624 g/mol. The fraction of sp³-hybridized carbons (Fsp3) is 0.148. The smallest absolute Gasteiger partial charge is 0.305 e. The highest BCUT2D eigenvalue weighted by atomic mass is 35.5. The molecule has 0 radical (unpaired) electrons. The van der Waals surface area contributed by atoms with E-state index >= 15 is 0 Å². The minimum Gasteiger partial charge on any atom is -0.489 e. The van der Waals surface area contributed by atoms with Crippen LogP contribution in [0.5, 0.6) is 5.75 Å². The largest absolute Gasteiger partial charge is 0.489 e. The molecule has 2 aliphatic heterocycles. The van der Waals surface area contributed by atoms with E-state index in [2.05, 4.69) is 4.98 Å². The lowest BCUT2D eigenvalue weighted by Crippen LogP contribution is -2.32. The highest BCUT2D eigenvalue weighted by Crippen LogP contribution is 2.55. The number of non-ortho nitro benzene ring substituents is 2. The molecule has 3 aromatic carbocycles. The Morgan fingerprint density at radius 1 is 0.929 bits per heavy atom. The zero-order valence-corrected chi connectivity index (χ0v) is 23.5. The number of nitro groups is 2. The van der Waals surface area contributed by atoms with Gasteiger partial charge in [-0.05, 0) is 35.9 Å². The van der Waals surface area contributed by atoms with Crippen molar-refractivity contribution in [2.45, 2.75) is 22.8 Å². The van der Waals surface area contributed by atoms with E-state index in [0.29, 0.717) is 14.9 Å². The first-order valence-corrected chi connectivity index (χ1v) is 14.4. The van der Waals surface area contributed by atoms with Gasteiger partial charge < -0.3 is 9.72 Å². The van der Waals surface area contributed by atoms with E-state index < -0.39 is 43.6 Å². The molecule has 1 N–H and O–H groups in total. The quantitative estimate of drug-likeness (QED) is 0.163. The average molecular weight is 625 g/mol. The van der Waals surface area contributed by atoms with Gasteiger partial charge in [-0.1, -0.05) is 46.8 Å². The van der Waals surface area contributed by atoms with Gasteiger partial charge in [0.1, 0.15) is 17.6 Å². The number of amides is 2. The van der Waals surface area contributed by atoms with Gasteiger partial charge in [0.05, 0.1) is 26.5 Å². The van der Waals surface area contributed by atoms with Gasteiger partial charge in [0.2, 0.25) is 11.8 Å². The Balaban J connectivity index is 1.46. The topological polar surface area (TPSA) is 166 Å². The number of fused-ring (bicyclic) bond motifs is 2. The zero-order valence-electron chi connectivity index (χ0n) is 21.1. The molecule has 1 aromatic heterocycles. The van der Waals surface area contributed by atoms with Crippen molar-refractivity contribution in [2.24, 2.45) is 5.92 Å². The van der Waals surface area contributed by atoms with Gasteiger partial charge in [-0.2, -0.15) is 0 Å². The Bertz CT molecular complexity index is 1840. The molecular weight excluding hydrogens is 608 g/mol. The number of aromatic amines is 1. The van der Waals surface area contributed by atoms with E-state index in [4.69, 9.17) is 16.3 Å². The van der Waals surface area contributed by atoms with E-state index in [9.17, 15) is 34.6 Å². The van der Waals surface area contributed by atoms with Crippen molar-refractivity contribution in [1.29, 1.82) is 0 Å². The number of carbonyl (C=O) groups is 2. The van der Waals surface area contributed by atoms with Crippen LogP contribution in [0.4, 0.5) is 17.1 Å². The standard InChI is InChI=1S/C27H17ClN4O8S2/c28-14-3-1-2-13(10-14)12-40-19-9-8-17(32(38)39)11-18(19)20-21-23(41-24-22(20)42-27(35)29-24)26(34)30(25(21)33)15-4-6-16(7-5-15)31(36)37/h1-11,20-21,23H,12H2,(H,29,35)/t20-,21-,23+/m0/s1. The van der Waals surface area contributed by atoms with Gasteiger partial charge in [0.15, 0.2) is 0 Å². The molecule has 0 spiro atoms. The van der Waals surface area contributed by atoms with Crippen molar-refractivity contribution in [3.8, 4) is 5.75 Å². The number of rotatable bonds is 7. The Morgan fingerprint density at radius 2 is 1.64 bits per heavy atom. The van der Waals surface area contributed by atoms with E-state index in [1.165, 1.54) is 42.5 Å². The van der Waals surface area contributed by atoms with Crippen molar-refractivity contribution in [2.75, 3.05) is 4.90 Å². The molecule has 0 unspecified atom stereocenters. The summed E-state index contributed by atoms with van der Waals surface area (Å²) >= 11 is 7.99. The SMILES string of the molecule is O=C1[C@H]2[C@H](c3cc([N+](=O)[O-])ccc3OCc3cccc(Cl)c3)c3sc(=O)[nH]c3S[C@H]2C(=O)N1c1ccc([N+](=O)[O-])cc1. The Hall–Kier alpha value is -4.53. The molecule has 1 fully saturated rings.